The van der Waals surface area contributed by atoms with Crippen molar-refractivity contribution in [3.05, 3.63) is 18.2 Å². The van der Waals surface area contributed by atoms with E-state index in [9.17, 15) is 9.59 Å². The van der Waals surface area contributed by atoms with Crippen LogP contribution in [0.3, 0.4) is 0 Å². The van der Waals surface area contributed by atoms with Gasteiger partial charge >= 0.3 is 6.03 Å². The highest BCUT2D eigenvalue weighted by Gasteiger charge is 2.32. The Morgan fingerprint density at radius 3 is 2.87 bits per heavy atom. The lowest BCUT2D eigenvalue weighted by Gasteiger charge is -2.22. The number of aliphatic hydroxyl groups is 1. The third kappa shape index (κ3) is 3.48. The van der Waals surface area contributed by atoms with Crippen molar-refractivity contribution in [3.8, 4) is 11.5 Å². The molecular formula is C15H19N3O5. The second kappa shape index (κ2) is 6.74. The van der Waals surface area contributed by atoms with Crippen molar-refractivity contribution in [2.75, 3.05) is 37.8 Å². The first-order chi connectivity index (χ1) is 11.2. The zero-order chi connectivity index (χ0) is 16.2. The van der Waals surface area contributed by atoms with E-state index in [1.54, 1.807) is 23.1 Å². The van der Waals surface area contributed by atoms with Gasteiger partial charge in [-0.15, -0.1) is 0 Å². The Hall–Kier alpha value is -2.48. The molecule has 3 N–H and O–H groups in total. The van der Waals surface area contributed by atoms with Crippen LogP contribution >= 0.6 is 0 Å². The van der Waals surface area contributed by atoms with Gasteiger partial charge in [0.1, 0.15) is 13.2 Å². The summed E-state index contributed by atoms with van der Waals surface area (Å²) in [5.74, 6) is 1.23. The Kier molecular flexibility index (Phi) is 4.52. The molecule has 2 heterocycles. The molecule has 23 heavy (non-hydrogen) atoms. The van der Waals surface area contributed by atoms with Gasteiger partial charge in [0.25, 0.3) is 0 Å². The van der Waals surface area contributed by atoms with Crippen LogP contribution in [0.15, 0.2) is 18.2 Å². The summed E-state index contributed by atoms with van der Waals surface area (Å²) in [6.45, 7) is 1.45. The number of amides is 3. The largest absolute Gasteiger partial charge is 0.486 e. The lowest BCUT2D eigenvalue weighted by atomic mass is 10.2. The van der Waals surface area contributed by atoms with E-state index < -0.39 is 0 Å². The number of nitrogens with zero attached hydrogens (tertiary/aromatic N) is 1. The number of ether oxygens (including phenoxy) is 2. The number of hydrogen-bond donors (Lipinski definition) is 3. The van der Waals surface area contributed by atoms with Crippen LogP contribution < -0.4 is 25.0 Å². The molecule has 1 atom stereocenters. The number of aliphatic hydroxyl groups excluding tert-OH is 1. The van der Waals surface area contributed by atoms with Crippen LogP contribution in [-0.2, 0) is 4.79 Å². The molecule has 1 unspecified atom stereocenters. The van der Waals surface area contributed by atoms with Crippen molar-refractivity contribution in [3.63, 3.8) is 0 Å². The molecular weight excluding hydrogens is 302 g/mol. The Balaban J connectivity index is 1.65. The van der Waals surface area contributed by atoms with Gasteiger partial charge in [-0.2, -0.15) is 0 Å². The molecule has 3 rings (SSSR count). The van der Waals surface area contributed by atoms with Crippen LogP contribution in [0.5, 0.6) is 11.5 Å². The minimum absolute atomic E-state index is 0.0610. The molecule has 1 fully saturated rings. The Morgan fingerprint density at radius 2 is 2.09 bits per heavy atom. The van der Waals surface area contributed by atoms with Gasteiger partial charge in [-0.05, 0) is 12.1 Å². The number of nitrogens with one attached hydrogen (secondary N) is 2. The van der Waals surface area contributed by atoms with E-state index in [-0.39, 0.29) is 37.6 Å². The number of carbonyl (C=O) groups is 2. The van der Waals surface area contributed by atoms with Crippen LogP contribution in [0.1, 0.15) is 6.42 Å². The van der Waals surface area contributed by atoms with Gasteiger partial charge in [0, 0.05) is 31.3 Å². The molecule has 124 valence electrons. The highest BCUT2D eigenvalue weighted by molar-refractivity contribution is 5.97. The third-order valence-electron chi connectivity index (χ3n) is 3.70. The standard InChI is InChI=1S/C15H19N3O5/c19-4-3-16-15(21)17-10-7-14(20)18(9-10)11-1-2-12-13(8-11)23-6-5-22-12/h1-2,8,10,19H,3-7,9H2,(H2,16,17,21). The van der Waals surface area contributed by atoms with Crippen molar-refractivity contribution in [2.24, 2.45) is 0 Å². The topological polar surface area (TPSA) is 100 Å². The van der Waals surface area contributed by atoms with Gasteiger partial charge in [0.15, 0.2) is 11.5 Å². The summed E-state index contributed by atoms with van der Waals surface area (Å²) in [5.41, 5.74) is 0.722. The molecule has 0 bridgehead atoms. The van der Waals surface area contributed by atoms with Gasteiger partial charge < -0.3 is 30.1 Å². The summed E-state index contributed by atoms with van der Waals surface area (Å²) < 4.78 is 11.0. The Bertz CT molecular complexity index is 607. The quantitative estimate of drug-likeness (QED) is 0.716. The van der Waals surface area contributed by atoms with Gasteiger partial charge in [-0.1, -0.05) is 0 Å². The maximum absolute atomic E-state index is 12.2. The number of benzene rings is 1. The summed E-state index contributed by atoms with van der Waals surface area (Å²) in [5, 5.41) is 13.9. The molecule has 1 aromatic rings. The van der Waals surface area contributed by atoms with Crippen molar-refractivity contribution >= 4 is 17.6 Å². The molecule has 2 aliphatic rings. The highest BCUT2D eigenvalue weighted by atomic mass is 16.6. The lowest BCUT2D eigenvalue weighted by molar-refractivity contribution is -0.117. The summed E-state index contributed by atoms with van der Waals surface area (Å²) in [6.07, 6.45) is 0.237. The summed E-state index contributed by atoms with van der Waals surface area (Å²) in [6, 6.07) is 4.71. The van der Waals surface area contributed by atoms with Gasteiger partial charge in [-0.25, -0.2) is 4.79 Å². The molecule has 1 aromatic carbocycles. The number of urea groups is 1. The molecule has 1 saturated heterocycles. The lowest BCUT2D eigenvalue weighted by Crippen LogP contribution is -2.44. The maximum atomic E-state index is 12.2. The average molecular weight is 321 g/mol. The van der Waals surface area contributed by atoms with Crippen molar-refractivity contribution < 1.29 is 24.2 Å². The minimum Gasteiger partial charge on any atom is -0.486 e. The molecule has 0 radical (unpaired) electrons. The molecule has 0 aliphatic carbocycles. The number of hydrogen-bond acceptors (Lipinski definition) is 5. The second-order valence-electron chi connectivity index (χ2n) is 5.36. The Morgan fingerprint density at radius 1 is 1.30 bits per heavy atom. The van der Waals surface area contributed by atoms with Crippen LogP contribution in [-0.4, -0.2) is 56.0 Å². The first-order valence-electron chi connectivity index (χ1n) is 7.52. The van der Waals surface area contributed by atoms with E-state index in [1.165, 1.54) is 0 Å². The highest BCUT2D eigenvalue weighted by Crippen LogP contribution is 2.35. The van der Waals surface area contributed by atoms with E-state index in [4.69, 9.17) is 14.6 Å². The van der Waals surface area contributed by atoms with E-state index in [2.05, 4.69) is 10.6 Å². The van der Waals surface area contributed by atoms with Crippen LogP contribution in [0, 0.1) is 0 Å². The first-order valence-corrected chi connectivity index (χ1v) is 7.52. The summed E-state index contributed by atoms with van der Waals surface area (Å²) >= 11 is 0. The fraction of sp³-hybridized carbons (Fsp3) is 0.467. The van der Waals surface area contributed by atoms with Crippen molar-refractivity contribution in [2.45, 2.75) is 12.5 Å². The molecule has 3 amide bonds. The predicted molar refractivity (Wildman–Crippen MR) is 81.8 cm³/mol. The number of rotatable bonds is 4. The van der Waals surface area contributed by atoms with Crippen molar-refractivity contribution in [1.29, 1.82) is 0 Å². The number of carbonyl (C=O) groups excluding carboxylic acids is 2. The second-order valence-corrected chi connectivity index (χ2v) is 5.36. The van der Waals surface area contributed by atoms with Crippen LogP contribution in [0.4, 0.5) is 10.5 Å². The fourth-order valence-electron chi connectivity index (χ4n) is 2.66. The third-order valence-corrected chi connectivity index (χ3v) is 3.70. The van der Waals surface area contributed by atoms with Crippen LogP contribution in [0.25, 0.3) is 0 Å². The van der Waals surface area contributed by atoms with Crippen molar-refractivity contribution in [1.82, 2.24) is 10.6 Å². The molecule has 0 spiro atoms. The SMILES string of the molecule is O=C(NCCO)NC1CC(=O)N(c2ccc3c(c2)OCCO3)C1. The smallest absolute Gasteiger partial charge is 0.315 e. The van der Waals surface area contributed by atoms with E-state index in [0.717, 1.165) is 5.69 Å². The summed E-state index contributed by atoms with van der Waals surface area (Å²) in [7, 11) is 0. The monoisotopic (exact) mass is 321 g/mol. The summed E-state index contributed by atoms with van der Waals surface area (Å²) in [4.78, 5) is 25.4. The minimum atomic E-state index is -0.388. The normalized spacial score (nSPS) is 19.6. The zero-order valence-corrected chi connectivity index (χ0v) is 12.6. The number of anilines is 1. The van der Waals surface area contributed by atoms with E-state index in [1.807, 2.05) is 0 Å². The molecule has 2 aliphatic heterocycles. The maximum Gasteiger partial charge on any atom is 0.315 e. The predicted octanol–water partition coefficient (Wildman–Crippen LogP) is -0.145. The van der Waals surface area contributed by atoms with Gasteiger partial charge in [0.2, 0.25) is 5.91 Å². The first kappa shape index (κ1) is 15.4. The molecule has 0 saturated carbocycles. The van der Waals surface area contributed by atoms with Gasteiger partial charge in [-0.3, -0.25) is 4.79 Å². The number of fused-ring (bicyclic) bond motifs is 1. The van der Waals surface area contributed by atoms with Crippen LogP contribution in [0.2, 0.25) is 0 Å². The average Bonchev–Trinajstić information content (AvgIpc) is 2.92. The zero-order valence-electron chi connectivity index (χ0n) is 12.6. The molecule has 8 heteroatoms. The van der Waals surface area contributed by atoms with Gasteiger partial charge in [0.05, 0.1) is 12.6 Å². The fourth-order valence-corrected chi connectivity index (χ4v) is 2.66. The Labute approximate surface area is 133 Å². The molecule has 0 aromatic heterocycles. The molecule has 8 nitrogen and oxygen atoms in total. The van der Waals surface area contributed by atoms with E-state index in [0.29, 0.717) is 31.3 Å². The van der Waals surface area contributed by atoms with E-state index >= 15 is 0 Å².